The van der Waals surface area contributed by atoms with Crippen LogP contribution < -0.4 is 27.4 Å². The summed E-state index contributed by atoms with van der Waals surface area (Å²) in [5, 5.41) is 8.02. The van der Waals surface area contributed by atoms with E-state index < -0.39 is 35.2 Å². The Labute approximate surface area is 195 Å². The molecule has 0 radical (unpaired) electrons. The van der Waals surface area contributed by atoms with Crippen LogP contribution >= 0.6 is 0 Å². The molecule has 2 atom stereocenters. The first-order valence-corrected chi connectivity index (χ1v) is 11.6. The summed E-state index contributed by atoms with van der Waals surface area (Å²) >= 11 is 0. The molecule has 9 nitrogen and oxygen atoms in total. The fourth-order valence-electron chi connectivity index (χ4n) is 3.84. The Balaban J connectivity index is 1.97. The molecule has 0 aliphatic heterocycles. The molecule has 182 valence electrons. The Hall–Kier alpha value is -2.94. The quantitative estimate of drug-likeness (QED) is 0.256. The zero-order valence-electron chi connectivity index (χ0n) is 19.6. The molecule has 0 aromatic heterocycles. The van der Waals surface area contributed by atoms with Crippen molar-refractivity contribution in [1.82, 2.24) is 16.0 Å². The van der Waals surface area contributed by atoms with Crippen molar-refractivity contribution < 1.29 is 19.2 Å². The second-order valence-electron chi connectivity index (χ2n) is 9.13. The van der Waals surface area contributed by atoms with Crippen molar-refractivity contribution in [1.29, 1.82) is 0 Å². The highest BCUT2D eigenvalue weighted by molar-refractivity contribution is 5.96. The van der Waals surface area contributed by atoms with Crippen molar-refractivity contribution >= 4 is 23.6 Å². The predicted molar refractivity (Wildman–Crippen MR) is 126 cm³/mol. The third kappa shape index (κ3) is 7.85. The zero-order chi connectivity index (χ0) is 24.4. The standard InChI is InChI=1S/C24H37N5O4/c1-16(2)14-19(21(26)31)28-20(30)15-27-22(32)18(10-6-7-13-25)29-23(33)24(11-12-24)17-8-4-3-5-9-17/h3-5,8-9,16,18-19H,6-7,10-15,25H2,1-2H3,(H2,26,31)(H,27,32)(H,28,30)(H,29,33)/t18-,19-/m0/s1. The van der Waals surface area contributed by atoms with Gasteiger partial charge in [0.1, 0.15) is 12.1 Å². The van der Waals surface area contributed by atoms with Crippen molar-refractivity contribution in [3.8, 4) is 0 Å². The number of rotatable bonds is 14. The van der Waals surface area contributed by atoms with E-state index >= 15 is 0 Å². The van der Waals surface area contributed by atoms with E-state index in [-0.39, 0.29) is 18.4 Å². The van der Waals surface area contributed by atoms with Crippen LogP contribution in [0.3, 0.4) is 0 Å². The zero-order valence-corrected chi connectivity index (χ0v) is 19.6. The highest BCUT2D eigenvalue weighted by Crippen LogP contribution is 2.48. The van der Waals surface area contributed by atoms with Gasteiger partial charge in [0.2, 0.25) is 23.6 Å². The van der Waals surface area contributed by atoms with Crippen LogP contribution in [0.5, 0.6) is 0 Å². The molecule has 1 saturated carbocycles. The first-order valence-electron chi connectivity index (χ1n) is 11.6. The van der Waals surface area contributed by atoms with Gasteiger partial charge in [-0.05, 0) is 56.6 Å². The lowest BCUT2D eigenvalue weighted by Gasteiger charge is -2.23. The molecule has 33 heavy (non-hydrogen) atoms. The molecule has 0 bridgehead atoms. The van der Waals surface area contributed by atoms with E-state index in [9.17, 15) is 19.2 Å². The van der Waals surface area contributed by atoms with Crippen LogP contribution in [0.15, 0.2) is 30.3 Å². The van der Waals surface area contributed by atoms with Crippen LogP contribution in [0, 0.1) is 5.92 Å². The van der Waals surface area contributed by atoms with Gasteiger partial charge >= 0.3 is 0 Å². The molecule has 7 N–H and O–H groups in total. The van der Waals surface area contributed by atoms with Gasteiger partial charge in [0.25, 0.3) is 0 Å². The number of carbonyl (C=O) groups excluding carboxylic acids is 4. The molecule has 9 heteroatoms. The minimum absolute atomic E-state index is 0.166. The molecule has 1 aromatic carbocycles. The lowest BCUT2D eigenvalue weighted by Crippen LogP contribution is -2.53. The molecule has 0 heterocycles. The maximum atomic E-state index is 13.1. The molecular weight excluding hydrogens is 422 g/mol. The number of nitrogens with two attached hydrogens (primary N) is 2. The third-order valence-electron chi connectivity index (χ3n) is 5.89. The fourth-order valence-corrected chi connectivity index (χ4v) is 3.84. The van der Waals surface area contributed by atoms with Crippen LogP contribution in [0.25, 0.3) is 0 Å². The van der Waals surface area contributed by atoms with Crippen molar-refractivity contribution in [3.63, 3.8) is 0 Å². The summed E-state index contributed by atoms with van der Waals surface area (Å²) in [4.78, 5) is 49.7. The van der Waals surface area contributed by atoms with Crippen LogP contribution in [0.1, 0.15) is 57.9 Å². The summed E-state index contributed by atoms with van der Waals surface area (Å²) in [5.74, 6) is -1.59. The first-order chi connectivity index (χ1) is 15.7. The smallest absolute Gasteiger partial charge is 0.243 e. The number of unbranched alkanes of at least 4 members (excludes halogenated alkanes) is 1. The van der Waals surface area contributed by atoms with Crippen molar-refractivity contribution in [2.75, 3.05) is 13.1 Å². The van der Waals surface area contributed by atoms with Crippen molar-refractivity contribution in [2.24, 2.45) is 17.4 Å². The number of amides is 4. The van der Waals surface area contributed by atoms with E-state index in [1.807, 2.05) is 44.2 Å². The number of carbonyl (C=O) groups is 4. The molecule has 1 aromatic rings. The second-order valence-corrected chi connectivity index (χ2v) is 9.13. The number of benzene rings is 1. The normalized spacial score (nSPS) is 15.9. The third-order valence-corrected chi connectivity index (χ3v) is 5.89. The molecule has 1 aliphatic carbocycles. The highest BCUT2D eigenvalue weighted by atomic mass is 16.2. The number of nitrogens with one attached hydrogen (secondary N) is 3. The van der Waals surface area contributed by atoms with E-state index in [1.165, 1.54) is 0 Å². The van der Waals surface area contributed by atoms with E-state index in [0.717, 1.165) is 24.8 Å². The van der Waals surface area contributed by atoms with Crippen LogP contribution in [0.4, 0.5) is 0 Å². The minimum atomic E-state index is -0.796. The average Bonchev–Trinajstić information content (AvgIpc) is 3.59. The van der Waals surface area contributed by atoms with Gasteiger partial charge < -0.3 is 27.4 Å². The first kappa shape index (κ1) is 26.3. The van der Waals surface area contributed by atoms with Crippen LogP contribution in [-0.2, 0) is 24.6 Å². The number of hydrogen-bond acceptors (Lipinski definition) is 5. The largest absolute Gasteiger partial charge is 0.368 e. The van der Waals surface area contributed by atoms with Gasteiger partial charge in [-0.3, -0.25) is 19.2 Å². The van der Waals surface area contributed by atoms with E-state index in [4.69, 9.17) is 11.5 Å². The summed E-state index contributed by atoms with van der Waals surface area (Å²) in [6.07, 6.45) is 3.67. The average molecular weight is 460 g/mol. The summed E-state index contributed by atoms with van der Waals surface area (Å²) in [7, 11) is 0. The van der Waals surface area contributed by atoms with Gasteiger partial charge in [0.05, 0.1) is 12.0 Å². The Morgan fingerprint density at radius 3 is 2.21 bits per heavy atom. The Bertz CT molecular complexity index is 823. The van der Waals surface area contributed by atoms with Crippen LogP contribution in [-0.4, -0.2) is 48.8 Å². The summed E-state index contributed by atoms with van der Waals surface area (Å²) < 4.78 is 0. The minimum Gasteiger partial charge on any atom is -0.368 e. The lowest BCUT2D eigenvalue weighted by atomic mass is 9.94. The summed E-state index contributed by atoms with van der Waals surface area (Å²) in [6.45, 7) is 4.01. The molecule has 2 rings (SSSR count). The number of hydrogen-bond donors (Lipinski definition) is 5. The molecule has 4 amide bonds. The maximum absolute atomic E-state index is 13.1. The molecule has 1 aliphatic rings. The highest BCUT2D eigenvalue weighted by Gasteiger charge is 2.51. The summed E-state index contributed by atoms with van der Waals surface area (Å²) in [5.41, 5.74) is 11.3. The topological polar surface area (TPSA) is 156 Å². The van der Waals surface area contributed by atoms with E-state index in [2.05, 4.69) is 16.0 Å². The number of primary amides is 1. The van der Waals surface area contributed by atoms with Crippen molar-refractivity contribution in [3.05, 3.63) is 35.9 Å². The Morgan fingerprint density at radius 1 is 1.00 bits per heavy atom. The van der Waals surface area contributed by atoms with Gasteiger partial charge in [-0.2, -0.15) is 0 Å². The predicted octanol–water partition coefficient (Wildman–Crippen LogP) is 0.464. The molecule has 1 fully saturated rings. The second kappa shape index (κ2) is 12.3. The van der Waals surface area contributed by atoms with Gasteiger partial charge in [0.15, 0.2) is 0 Å². The van der Waals surface area contributed by atoms with Gasteiger partial charge in [-0.15, -0.1) is 0 Å². The van der Waals surface area contributed by atoms with Gasteiger partial charge in [-0.1, -0.05) is 44.2 Å². The molecular formula is C24H37N5O4. The van der Waals surface area contributed by atoms with E-state index in [1.54, 1.807) is 0 Å². The van der Waals surface area contributed by atoms with Gasteiger partial charge in [-0.25, -0.2) is 0 Å². The Kier molecular flexibility index (Phi) is 9.84. The Morgan fingerprint density at radius 2 is 1.67 bits per heavy atom. The van der Waals surface area contributed by atoms with Gasteiger partial charge in [0, 0.05) is 0 Å². The van der Waals surface area contributed by atoms with Crippen LogP contribution in [0.2, 0.25) is 0 Å². The monoisotopic (exact) mass is 459 g/mol. The SMILES string of the molecule is CC(C)C[C@H](NC(=O)CNC(=O)[C@H](CCCCN)NC(=O)C1(c2ccccc2)CC1)C(N)=O. The maximum Gasteiger partial charge on any atom is 0.243 e. The molecule has 0 spiro atoms. The van der Waals surface area contributed by atoms with Crippen molar-refractivity contribution in [2.45, 2.75) is 69.9 Å². The summed E-state index contributed by atoms with van der Waals surface area (Å²) in [6, 6.07) is 7.96. The fraction of sp³-hybridized carbons (Fsp3) is 0.583. The molecule has 0 unspecified atom stereocenters. The lowest BCUT2D eigenvalue weighted by molar-refractivity contribution is -0.132. The molecule has 0 saturated heterocycles. The van der Waals surface area contributed by atoms with E-state index in [0.29, 0.717) is 25.8 Å².